The molecule has 2 aromatic carbocycles. The third-order valence-corrected chi connectivity index (χ3v) is 3.33. The lowest BCUT2D eigenvalue weighted by Crippen LogP contribution is -2.28. The van der Waals surface area contributed by atoms with Gasteiger partial charge in [0.05, 0.1) is 0 Å². The molecule has 0 saturated heterocycles. The van der Waals surface area contributed by atoms with Crippen molar-refractivity contribution in [1.82, 2.24) is 4.90 Å². The first-order chi connectivity index (χ1) is 9.81. The highest BCUT2D eigenvalue weighted by atomic mass is 15.1. The Kier molecular flexibility index (Phi) is 5.74. The van der Waals surface area contributed by atoms with Crippen LogP contribution in [0.1, 0.15) is 16.7 Å². The van der Waals surface area contributed by atoms with Crippen LogP contribution in [0.15, 0.2) is 54.6 Å². The van der Waals surface area contributed by atoms with Gasteiger partial charge in [-0.25, -0.2) is 0 Å². The summed E-state index contributed by atoms with van der Waals surface area (Å²) in [4.78, 5) is 2.37. The molecule has 0 heterocycles. The summed E-state index contributed by atoms with van der Waals surface area (Å²) in [5.41, 5.74) is 15.2. The molecule has 0 aliphatic carbocycles. The van der Waals surface area contributed by atoms with Gasteiger partial charge in [-0.05, 0) is 16.7 Å². The number of hydrogen-bond acceptors (Lipinski definition) is 3. The van der Waals surface area contributed by atoms with E-state index in [0.29, 0.717) is 13.1 Å². The lowest BCUT2D eigenvalue weighted by Gasteiger charge is -2.22. The Morgan fingerprint density at radius 1 is 0.750 bits per heavy atom. The van der Waals surface area contributed by atoms with Gasteiger partial charge in [-0.2, -0.15) is 0 Å². The molecule has 0 bridgehead atoms. The highest BCUT2D eigenvalue weighted by Crippen LogP contribution is 2.11. The van der Waals surface area contributed by atoms with E-state index < -0.39 is 0 Å². The van der Waals surface area contributed by atoms with Crippen LogP contribution in [0.3, 0.4) is 0 Å². The minimum atomic E-state index is 0.587. The average molecular weight is 269 g/mol. The maximum absolute atomic E-state index is 5.73. The molecule has 0 aromatic heterocycles. The average Bonchev–Trinajstić information content (AvgIpc) is 2.49. The van der Waals surface area contributed by atoms with Crippen LogP contribution in [-0.4, -0.2) is 18.0 Å². The predicted octanol–water partition coefficient (Wildman–Crippen LogP) is 2.11. The second-order valence-electron chi connectivity index (χ2n) is 5.01. The van der Waals surface area contributed by atoms with Crippen LogP contribution in [-0.2, 0) is 19.6 Å². The summed E-state index contributed by atoms with van der Waals surface area (Å²) in [6.45, 7) is 3.97. The molecule has 20 heavy (non-hydrogen) atoms. The summed E-state index contributed by atoms with van der Waals surface area (Å²) >= 11 is 0. The fraction of sp³-hybridized carbons (Fsp3) is 0.294. The Labute approximate surface area is 121 Å². The van der Waals surface area contributed by atoms with Crippen molar-refractivity contribution in [2.24, 2.45) is 11.5 Å². The number of nitrogens with two attached hydrogens (primary N) is 2. The molecule has 3 heteroatoms. The topological polar surface area (TPSA) is 55.3 Å². The summed E-state index contributed by atoms with van der Waals surface area (Å²) in [5.74, 6) is 0. The molecule has 4 N–H and O–H groups in total. The molecular formula is C17H23N3. The van der Waals surface area contributed by atoms with E-state index in [-0.39, 0.29) is 0 Å². The van der Waals surface area contributed by atoms with Crippen LogP contribution in [0.2, 0.25) is 0 Å². The van der Waals surface area contributed by atoms with Crippen molar-refractivity contribution in [3.63, 3.8) is 0 Å². The Balaban J connectivity index is 2.04. The van der Waals surface area contributed by atoms with Crippen molar-refractivity contribution in [2.45, 2.75) is 19.6 Å². The maximum atomic E-state index is 5.73. The number of benzene rings is 2. The summed E-state index contributed by atoms with van der Waals surface area (Å²) in [6, 6.07) is 19.0. The third kappa shape index (κ3) is 4.46. The maximum Gasteiger partial charge on any atom is 0.0237 e. The van der Waals surface area contributed by atoms with Crippen LogP contribution in [0, 0.1) is 0 Å². The fourth-order valence-electron chi connectivity index (χ4n) is 2.35. The molecule has 2 aromatic rings. The molecule has 0 fully saturated rings. The zero-order chi connectivity index (χ0) is 14.2. The zero-order valence-corrected chi connectivity index (χ0v) is 11.8. The minimum absolute atomic E-state index is 0.587. The highest BCUT2D eigenvalue weighted by Gasteiger charge is 2.06. The van der Waals surface area contributed by atoms with Gasteiger partial charge in [-0.15, -0.1) is 0 Å². The van der Waals surface area contributed by atoms with E-state index >= 15 is 0 Å². The summed E-state index contributed by atoms with van der Waals surface area (Å²) < 4.78 is 0. The minimum Gasteiger partial charge on any atom is -0.329 e. The van der Waals surface area contributed by atoms with Gasteiger partial charge in [0.2, 0.25) is 0 Å². The molecule has 0 aliphatic heterocycles. The normalized spacial score (nSPS) is 10.9. The summed E-state index contributed by atoms with van der Waals surface area (Å²) in [6.07, 6.45) is 0. The second kappa shape index (κ2) is 7.80. The zero-order valence-electron chi connectivity index (χ0n) is 11.8. The molecule has 0 atom stereocenters. The number of rotatable bonds is 7. The van der Waals surface area contributed by atoms with Crippen molar-refractivity contribution in [1.29, 1.82) is 0 Å². The van der Waals surface area contributed by atoms with Crippen LogP contribution >= 0.6 is 0 Å². The molecule has 0 unspecified atom stereocenters. The summed E-state index contributed by atoms with van der Waals surface area (Å²) in [7, 11) is 0. The third-order valence-electron chi connectivity index (χ3n) is 3.33. The van der Waals surface area contributed by atoms with Gasteiger partial charge >= 0.3 is 0 Å². The molecule has 0 amide bonds. The second-order valence-corrected chi connectivity index (χ2v) is 5.01. The van der Waals surface area contributed by atoms with Crippen molar-refractivity contribution in [3.05, 3.63) is 71.3 Å². The lowest BCUT2D eigenvalue weighted by atomic mass is 10.1. The van der Waals surface area contributed by atoms with Crippen molar-refractivity contribution in [2.75, 3.05) is 13.1 Å². The van der Waals surface area contributed by atoms with Gasteiger partial charge in [0.15, 0.2) is 0 Å². The molecule has 0 radical (unpaired) electrons. The standard InChI is InChI=1S/C17H23N3/c18-9-10-20(13-15-5-2-1-3-6-15)14-17-8-4-7-16(11-17)12-19/h1-8,11H,9-10,12-14,18-19H2. The van der Waals surface area contributed by atoms with Crippen LogP contribution < -0.4 is 11.5 Å². The molecule has 0 saturated carbocycles. The van der Waals surface area contributed by atoms with Crippen molar-refractivity contribution in [3.8, 4) is 0 Å². The van der Waals surface area contributed by atoms with Gasteiger partial charge in [-0.1, -0.05) is 54.6 Å². The predicted molar refractivity (Wildman–Crippen MR) is 83.9 cm³/mol. The first-order valence-electron chi connectivity index (χ1n) is 7.06. The molecule has 106 valence electrons. The van der Waals surface area contributed by atoms with E-state index in [4.69, 9.17) is 11.5 Å². The van der Waals surface area contributed by atoms with Crippen LogP contribution in [0.4, 0.5) is 0 Å². The lowest BCUT2D eigenvalue weighted by molar-refractivity contribution is 0.264. The highest BCUT2D eigenvalue weighted by molar-refractivity contribution is 5.23. The van der Waals surface area contributed by atoms with E-state index in [1.165, 1.54) is 16.7 Å². The van der Waals surface area contributed by atoms with Crippen LogP contribution in [0.25, 0.3) is 0 Å². The molecule has 0 aliphatic rings. The molecule has 3 nitrogen and oxygen atoms in total. The Bertz CT molecular complexity index is 511. The van der Waals surface area contributed by atoms with Crippen molar-refractivity contribution < 1.29 is 0 Å². The fourth-order valence-corrected chi connectivity index (χ4v) is 2.35. The van der Waals surface area contributed by atoms with E-state index in [0.717, 1.165) is 19.6 Å². The van der Waals surface area contributed by atoms with E-state index in [2.05, 4.69) is 53.4 Å². The van der Waals surface area contributed by atoms with E-state index in [9.17, 15) is 0 Å². The van der Waals surface area contributed by atoms with E-state index in [1.807, 2.05) is 6.07 Å². The van der Waals surface area contributed by atoms with Crippen molar-refractivity contribution >= 4 is 0 Å². The Hall–Kier alpha value is -1.68. The number of nitrogens with zero attached hydrogens (tertiary/aromatic N) is 1. The largest absolute Gasteiger partial charge is 0.329 e. The first-order valence-corrected chi connectivity index (χ1v) is 7.06. The van der Waals surface area contributed by atoms with Gasteiger partial charge in [0, 0.05) is 32.7 Å². The molecule has 2 rings (SSSR count). The van der Waals surface area contributed by atoms with E-state index in [1.54, 1.807) is 0 Å². The monoisotopic (exact) mass is 269 g/mol. The first kappa shape index (κ1) is 14.7. The molecular weight excluding hydrogens is 246 g/mol. The quantitative estimate of drug-likeness (QED) is 0.809. The number of hydrogen-bond donors (Lipinski definition) is 2. The van der Waals surface area contributed by atoms with Gasteiger partial charge in [0.1, 0.15) is 0 Å². The smallest absolute Gasteiger partial charge is 0.0237 e. The summed E-state index contributed by atoms with van der Waals surface area (Å²) in [5, 5.41) is 0. The van der Waals surface area contributed by atoms with Gasteiger partial charge < -0.3 is 11.5 Å². The molecule has 0 spiro atoms. The SMILES string of the molecule is NCCN(Cc1ccccc1)Cc1cccc(CN)c1. The van der Waals surface area contributed by atoms with Crippen LogP contribution in [0.5, 0.6) is 0 Å². The van der Waals surface area contributed by atoms with Gasteiger partial charge in [-0.3, -0.25) is 4.90 Å². The Morgan fingerprint density at radius 2 is 1.40 bits per heavy atom. The Morgan fingerprint density at radius 3 is 2.10 bits per heavy atom. The van der Waals surface area contributed by atoms with Gasteiger partial charge in [0.25, 0.3) is 0 Å².